The summed E-state index contributed by atoms with van der Waals surface area (Å²) in [6, 6.07) is 0. The number of nitrogens with zero attached hydrogens (tertiary/aromatic N) is 4. The summed E-state index contributed by atoms with van der Waals surface area (Å²) in [5.74, 6) is 0.461. The van der Waals surface area contributed by atoms with Crippen LogP contribution in [0.2, 0.25) is 0 Å². The highest BCUT2D eigenvalue weighted by molar-refractivity contribution is 7.89. The Balaban J connectivity index is 2.10. The van der Waals surface area contributed by atoms with Crippen LogP contribution >= 0.6 is 0 Å². The summed E-state index contributed by atoms with van der Waals surface area (Å²) in [5.41, 5.74) is 5.67. The monoisotopic (exact) mass is 301 g/mol. The van der Waals surface area contributed by atoms with Crippen LogP contribution < -0.4 is 5.73 Å². The number of likely N-dealkylation sites (tertiary alicyclic amines) is 1. The second-order valence-electron chi connectivity index (χ2n) is 5.58. The third kappa shape index (κ3) is 2.97. The van der Waals surface area contributed by atoms with Crippen LogP contribution in [0.15, 0.2) is 11.4 Å². The van der Waals surface area contributed by atoms with Gasteiger partial charge in [-0.3, -0.25) is 0 Å². The minimum absolute atomic E-state index is 0.0581. The second kappa shape index (κ2) is 5.71. The minimum Gasteiger partial charge on any atom is -0.381 e. The minimum atomic E-state index is -3.57. The molecule has 20 heavy (non-hydrogen) atoms. The first kappa shape index (κ1) is 15.3. The van der Waals surface area contributed by atoms with E-state index in [0.717, 1.165) is 25.9 Å². The van der Waals surface area contributed by atoms with Gasteiger partial charge in [0.1, 0.15) is 0 Å². The van der Waals surface area contributed by atoms with Gasteiger partial charge in [-0.25, -0.2) is 13.4 Å². The lowest BCUT2D eigenvalue weighted by molar-refractivity contribution is 0.202. The summed E-state index contributed by atoms with van der Waals surface area (Å²) in [5, 5.41) is 0.0768. The molecule has 0 atom stereocenters. The van der Waals surface area contributed by atoms with Gasteiger partial charge >= 0.3 is 0 Å². The zero-order valence-corrected chi connectivity index (χ0v) is 13.1. The first-order chi connectivity index (χ1) is 9.32. The molecule has 2 heterocycles. The van der Waals surface area contributed by atoms with Crippen LogP contribution in [0.3, 0.4) is 0 Å². The molecule has 0 amide bonds. The van der Waals surface area contributed by atoms with Crippen LogP contribution in [0.4, 0.5) is 5.82 Å². The Morgan fingerprint density at radius 3 is 2.50 bits per heavy atom. The van der Waals surface area contributed by atoms with Gasteiger partial charge in [-0.2, -0.15) is 4.31 Å². The molecule has 0 radical (unpaired) electrons. The molecule has 0 spiro atoms. The molecule has 1 aromatic rings. The van der Waals surface area contributed by atoms with Gasteiger partial charge in [0.2, 0.25) is 0 Å². The number of hydrogen-bond acceptors (Lipinski definition) is 5. The average Bonchev–Trinajstić information content (AvgIpc) is 2.72. The number of piperidine rings is 1. The zero-order valence-electron chi connectivity index (χ0n) is 12.3. The Morgan fingerprint density at radius 1 is 1.40 bits per heavy atom. The Kier molecular flexibility index (Phi) is 4.36. The van der Waals surface area contributed by atoms with Gasteiger partial charge in [0.25, 0.3) is 10.0 Å². The maximum atomic E-state index is 12.5. The Labute approximate surface area is 120 Å². The van der Waals surface area contributed by atoms with Crippen molar-refractivity contribution in [1.82, 2.24) is 18.8 Å². The number of nitrogen functional groups attached to an aromatic ring is 1. The molecule has 1 fully saturated rings. The fourth-order valence-electron chi connectivity index (χ4n) is 2.61. The van der Waals surface area contributed by atoms with E-state index in [1.54, 1.807) is 14.1 Å². The lowest BCUT2D eigenvalue weighted by Crippen LogP contribution is -2.38. The van der Waals surface area contributed by atoms with E-state index >= 15 is 0 Å². The van der Waals surface area contributed by atoms with Gasteiger partial charge in [-0.1, -0.05) is 0 Å². The number of sulfonamides is 1. The summed E-state index contributed by atoms with van der Waals surface area (Å²) in [4.78, 5) is 6.12. The van der Waals surface area contributed by atoms with Crippen molar-refractivity contribution in [3.63, 3.8) is 0 Å². The molecule has 0 unspecified atom stereocenters. The van der Waals surface area contributed by atoms with E-state index in [1.807, 2.05) is 0 Å². The van der Waals surface area contributed by atoms with E-state index in [-0.39, 0.29) is 10.8 Å². The number of nitrogens with two attached hydrogens (primary N) is 1. The lowest BCUT2D eigenvalue weighted by atomic mass is 9.97. The van der Waals surface area contributed by atoms with Gasteiger partial charge in [0.05, 0.1) is 6.33 Å². The van der Waals surface area contributed by atoms with Gasteiger partial charge in [-0.05, 0) is 38.9 Å². The largest absolute Gasteiger partial charge is 0.381 e. The molecule has 2 N–H and O–H groups in total. The standard InChI is InChI=1S/C12H23N5O2S/c1-15-6-4-10(5-7-15)8-17(3)20(18,19)12-11(13)14-9-16(12)2/h9-10H,4-8,13H2,1-3H3. The van der Waals surface area contributed by atoms with Crippen molar-refractivity contribution in [3.05, 3.63) is 6.33 Å². The normalized spacial score (nSPS) is 18.8. The predicted octanol–water partition coefficient (Wildman–Crippen LogP) is -0.0354. The highest BCUT2D eigenvalue weighted by Crippen LogP contribution is 2.23. The molecule has 0 aromatic carbocycles. The number of anilines is 1. The molecule has 2 rings (SSSR count). The molecule has 1 aliphatic heterocycles. The first-order valence-corrected chi connectivity index (χ1v) is 8.18. The highest BCUT2D eigenvalue weighted by Gasteiger charge is 2.29. The summed E-state index contributed by atoms with van der Waals surface area (Å²) >= 11 is 0. The van der Waals surface area contributed by atoms with Crippen molar-refractivity contribution in [2.24, 2.45) is 13.0 Å². The van der Waals surface area contributed by atoms with Crippen molar-refractivity contribution in [1.29, 1.82) is 0 Å². The first-order valence-electron chi connectivity index (χ1n) is 6.74. The molecule has 8 heteroatoms. The smallest absolute Gasteiger partial charge is 0.262 e. The Bertz CT molecular complexity index is 541. The second-order valence-corrected chi connectivity index (χ2v) is 7.54. The number of aryl methyl sites for hydroxylation is 1. The van der Waals surface area contributed by atoms with E-state index in [2.05, 4.69) is 16.9 Å². The van der Waals surface area contributed by atoms with Crippen molar-refractivity contribution in [3.8, 4) is 0 Å². The highest BCUT2D eigenvalue weighted by atomic mass is 32.2. The van der Waals surface area contributed by atoms with Crippen LogP contribution in [0.25, 0.3) is 0 Å². The van der Waals surface area contributed by atoms with Crippen molar-refractivity contribution >= 4 is 15.8 Å². The lowest BCUT2D eigenvalue weighted by Gasteiger charge is -2.31. The van der Waals surface area contributed by atoms with Crippen LogP contribution in [0.1, 0.15) is 12.8 Å². The molecular formula is C12H23N5O2S. The molecule has 1 aromatic heterocycles. The SMILES string of the molecule is CN1CCC(CN(C)S(=O)(=O)c2c(N)ncn2C)CC1. The maximum Gasteiger partial charge on any atom is 0.262 e. The Hall–Kier alpha value is -1.12. The van der Waals surface area contributed by atoms with Crippen molar-refractivity contribution < 1.29 is 8.42 Å². The van der Waals surface area contributed by atoms with Crippen LogP contribution in [-0.4, -0.2) is 60.9 Å². The molecular weight excluding hydrogens is 278 g/mol. The number of imidazole rings is 1. The third-order valence-electron chi connectivity index (χ3n) is 3.92. The molecule has 1 aliphatic rings. The van der Waals surface area contributed by atoms with E-state index in [0.29, 0.717) is 12.5 Å². The zero-order chi connectivity index (χ0) is 14.9. The van der Waals surface area contributed by atoms with Crippen LogP contribution in [-0.2, 0) is 17.1 Å². The fourth-order valence-corrected chi connectivity index (χ4v) is 4.04. The predicted molar refractivity (Wildman–Crippen MR) is 77.7 cm³/mol. The van der Waals surface area contributed by atoms with Crippen LogP contribution in [0.5, 0.6) is 0 Å². The molecule has 0 aliphatic carbocycles. The van der Waals surface area contributed by atoms with Gasteiger partial charge in [-0.15, -0.1) is 0 Å². The molecule has 0 bridgehead atoms. The van der Waals surface area contributed by atoms with E-state index in [1.165, 1.54) is 15.2 Å². The van der Waals surface area contributed by atoms with Gasteiger partial charge < -0.3 is 15.2 Å². The van der Waals surface area contributed by atoms with Gasteiger partial charge in [0, 0.05) is 20.6 Å². The number of hydrogen-bond donors (Lipinski definition) is 1. The summed E-state index contributed by atoms with van der Waals surface area (Å²) in [7, 11) is 1.77. The van der Waals surface area contributed by atoms with E-state index < -0.39 is 10.0 Å². The molecule has 0 saturated carbocycles. The molecule has 1 saturated heterocycles. The quantitative estimate of drug-likeness (QED) is 0.844. The summed E-state index contributed by atoms with van der Waals surface area (Å²) in [6.45, 7) is 2.57. The fraction of sp³-hybridized carbons (Fsp3) is 0.750. The summed E-state index contributed by atoms with van der Waals surface area (Å²) in [6.07, 6.45) is 3.47. The number of aromatic nitrogens is 2. The average molecular weight is 301 g/mol. The molecule has 7 nitrogen and oxygen atoms in total. The number of rotatable bonds is 4. The topological polar surface area (TPSA) is 84.5 Å². The third-order valence-corrected chi connectivity index (χ3v) is 5.87. The summed E-state index contributed by atoms with van der Waals surface area (Å²) < 4.78 is 27.9. The van der Waals surface area contributed by atoms with E-state index in [9.17, 15) is 8.42 Å². The van der Waals surface area contributed by atoms with Gasteiger partial charge in [0.15, 0.2) is 10.8 Å². The van der Waals surface area contributed by atoms with E-state index in [4.69, 9.17) is 5.73 Å². The van der Waals surface area contributed by atoms with Crippen molar-refractivity contribution in [2.45, 2.75) is 17.9 Å². The van der Waals surface area contributed by atoms with Crippen molar-refractivity contribution in [2.75, 3.05) is 39.5 Å². The Morgan fingerprint density at radius 2 is 2.00 bits per heavy atom. The van der Waals surface area contributed by atoms with Crippen LogP contribution in [0, 0.1) is 5.92 Å². The molecule has 114 valence electrons. The maximum absolute atomic E-state index is 12.5.